The molecule has 0 bridgehead atoms. The molecule has 0 radical (unpaired) electrons. The molecule has 0 aliphatic carbocycles. The number of carbonyl (C=O) groups is 1. The van der Waals surface area contributed by atoms with Gasteiger partial charge in [0, 0.05) is 19.6 Å². The minimum atomic E-state index is -0.0618. The van der Waals surface area contributed by atoms with Gasteiger partial charge in [0.1, 0.15) is 11.5 Å². The maximum absolute atomic E-state index is 12.1. The van der Waals surface area contributed by atoms with Crippen molar-refractivity contribution in [3.05, 3.63) is 23.7 Å². The van der Waals surface area contributed by atoms with Crippen LogP contribution < -0.4 is 5.73 Å². The van der Waals surface area contributed by atoms with Gasteiger partial charge in [-0.2, -0.15) is 0 Å². The van der Waals surface area contributed by atoms with Crippen LogP contribution in [-0.2, 0) is 4.79 Å². The maximum atomic E-state index is 12.1. The third-order valence-electron chi connectivity index (χ3n) is 3.35. The minimum absolute atomic E-state index is 0.0618. The second-order valence-electron chi connectivity index (χ2n) is 4.68. The first kappa shape index (κ1) is 15.7. The lowest BCUT2D eigenvalue weighted by Gasteiger charge is -2.27. The van der Waals surface area contributed by atoms with Crippen molar-refractivity contribution in [3.8, 4) is 0 Å². The second kappa shape index (κ2) is 7.31. The van der Waals surface area contributed by atoms with E-state index in [1.54, 1.807) is 0 Å². The monoisotopic (exact) mass is 267 g/mol. The number of hydrogen-bond acceptors (Lipinski definition) is 4. The van der Waals surface area contributed by atoms with Crippen LogP contribution in [0.2, 0.25) is 0 Å². The van der Waals surface area contributed by atoms with Crippen LogP contribution in [0.15, 0.2) is 16.5 Å². The molecule has 0 aliphatic heterocycles. The predicted molar refractivity (Wildman–Crippen MR) is 75.8 cm³/mol. The first-order valence-electron chi connectivity index (χ1n) is 6.77. The number of furan rings is 1. The van der Waals surface area contributed by atoms with Gasteiger partial charge in [0.05, 0.1) is 12.6 Å². The van der Waals surface area contributed by atoms with Gasteiger partial charge in [-0.05, 0) is 40.0 Å². The molecule has 0 aromatic carbocycles. The molecule has 1 unspecified atom stereocenters. The first-order chi connectivity index (χ1) is 9.03. The van der Waals surface area contributed by atoms with Crippen molar-refractivity contribution in [2.45, 2.75) is 26.8 Å². The number of nitrogens with two attached hydrogens (primary N) is 1. The van der Waals surface area contributed by atoms with Crippen molar-refractivity contribution >= 4 is 5.91 Å². The predicted octanol–water partition coefficient (Wildman–Crippen LogP) is 1.39. The average Bonchev–Trinajstić information content (AvgIpc) is 2.78. The van der Waals surface area contributed by atoms with Crippen molar-refractivity contribution in [2.75, 3.05) is 33.2 Å². The quantitative estimate of drug-likeness (QED) is 0.811. The van der Waals surface area contributed by atoms with Gasteiger partial charge in [-0.25, -0.2) is 0 Å². The van der Waals surface area contributed by atoms with Crippen LogP contribution in [0.5, 0.6) is 0 Å². The Kier molecular flexibility index (Phi) is 6.05. The highest BCUT2D eigenvalue weighted by molar-refractivity contribution is 5.78. The fourth-order valence-electron chi connectivity index (χ4n) is 2.15. The van der Waals surface area contributed by atoms with Crippen LogP contribution >= 0.6 is 0 Å². The zero-order valence-corrected chi connectivity index (χ0v) is 12.3. The molecule has 19 heavy (non-hydrogen) atoms. The zero-order valence-electron chi connectivity index (χ0n) is 12.3. The van der Waals surface area contributed by atoms with Crippen molar-refractivity contribution in [3.63, 3.8) is 0 Å². The summed E-state index contributed by atoms with van der Waals surface area (Å²) in [6.45, 7) is 8.11. The van der Waals surface area contributed by atoms with Gasteiger partial charge in [-0.15, -0.1) is 0 Å². The van der Waals surface area contributed by atoms with E-state index in [2.05, 4.69) is 0 Å². The largest absolute Gasteiger partial charge is 0.465 e. The lowest BCUT2D eigenvalue weighted by molar-refractivity contribution is -0.132. The minimum Gasteiger partial charge on any atom is -0.465 e. The summed E-state index contributed by atoms with van der Waals surface area (Å²) in [5.74, 6) is 1.79. The van der Waals surface area contributed by atoms with Crippen molar-refractivity contribution in [1.29, 1.82) is 0 Å². The SMILES string of the molecule is CCN(CC)C(=O)CN(C)C(CN)c1ccc(C)o1. The molecule has 1 aromatic rings. The number of rotatable bonds is 7. The number of aryl methyl sites for hydroxylation is 1. The van der Waals surface area contributed by atoms with Crippen LogP contribution in [0.25, 0.3) is 0 Å². The van der Waals surface area contributed by atoms with E-state index in [4.69, 9.17) is 10.2 Å². The number of amides is 1. The molecule has 5 nitrogen and oxygen atoms in total. The molecule has 5 heteroatoms. The van der Waals surface area contributed by atoms with E-state index in [1.807, 2.05) is 49.8 Å². The van der Waals surface area contributed by atoms with Crippen LogP contribution in [0, 0.1) is 6.92 Å². The number of hydrogen-bond donors (Lipinski definition) is 1. The standard InChI is InChI=1S/C14H25N3O2/c1-5-17(6-2)14(18)10-16(4)12(9-15)13-8-7-11(3)19-13/h7-8,12H,5-6,9-10,15H2,1-4H3. The molecule has 0 saturated heterocycles. The molecule has 1 heterocycles. The highest BCUT2D eigenvalue weighted by Gasteiger charge is 2.22. The molecular weight excluding hydrogens is 242 g/mol. The van der Waals surface area contributed by atoms with Crippen LogP contribution in [0.4, 0.5) is 0 Å². The fraction of sp³-hybridized carbons (Fsp3) is 0.643. The van der Waals surface area contributed by atoms with Crippen LogP contribution in [-0.4, -0.2) is 48.9 Å². The number of likely N-dealkylation sites (N-methyl/N-ethyl adjacent to an activating group) is 2. The third kappa shape index (κ3) is 4.08. The molecule has 0 spiro atoms. The highest BCUT2D eigenvalue weighted by atomic mass is 16.3. The van der Waals surface area contributed by atoms with E-state index in [-0.39, 0.29) is 11.9 Å². The van der Waals surface area contributed by atoms with E-state index < -0.39 is 0 Å². The Morgan fingerprint density at radius 2 is 2.00 bits per heavy atom. The fourth-order valence-corrected chi connectivity index (χ4v) is 2.15. The van der Waals surface area contributed by atoms with Crippen molar-refractivity contribution < 1.29 is 9.21 Å². The van der Waals surface area contributed by atoms with Gasteiger partial charge in [0.15, 0.2) is 0 Å². The van der Waals surface area contributed by atoms with Gasteiger partial charge >= 0.3 is 0 Å². The summed E-state index contributed by atoms with van der Waals surface area (Å²) in [4.78, 5) is 15.8. The Morgan fingerprint density at radius 3 is 2.42 bits per heavy atom. The number of nitrogens with zero attached hydrogens (tertiary/aromatic N) is 2. The van der Waals surface area contributed by atoms with E-state index in [9.17, 15) is 4.79 Å². The van der Waals surface area contributed by atoms with Gasteiger partial charge in [-0.1, -0.05) is 0 Å². The summed E-state index contributed by atoms with van der Waals surface area (Å²) in [7, 11) is 1.90. The van der Waals surface area contributed by atoms with Gasteiger partial charge < -0.3 is 15.1 Å². The van der Waals surface area contributed by atoms with E-state index in [0.29, 0.717) is 13.1 Å². The summed E-state index contributed by atoms with van der Waals surface area (Å²) in [6.07, 6.45) is 0. The third-order valence-corrected chi connectivity index (χ3v) is 3.35. The molecule has 1 atom stereocenters. The summed E-state index contributed by atoms with van der Waals surface area (Å²) in [5.41, 5.74) is 5.81. The Morgan fingerprint density at radius 1 is 1.37 bits per heavy atom. The van der Waals surface area contributed by atoms with Gasteiger partial charge in [0.25, 0.3) is 0 Å². The molecule has 0 aliphatic rings. The van der Waals surface area contributed by atoms with Crippen molar-refractivity contribution in [2.24, 2.45) is 5.73 Å². The normalized spacial score (nSPS) is 12.7. The van der Waals surface area contributed by atoms with Crippen LogP contribution in [0.1, 0.15) is 31.4 Å². The smallest absolute Gasteiger partial charge is 0.236 e. The van der Waals surface area contributed by atoms with E-state index >= 15 is 0 Å². The lowest BCUT2D eigenvalue weighted by Crippen LogP contribution is -2.41. The Labute approximate surface area is 115 Å². The zero-order chi connectivity index (χ0) is 14.4. The molecule has 2 N–H and O–H groups in total. The molecular formula is C14H25N3O2. The van der Waals surface area contributed by atoms with Gasteiger partial charge in [0.2, 0.25) is 5.91 Å². The summed E-state index contributed by atoms with van der Waals surface area (Å²) in [5, 5.41) is 0. The molecule has 1 aromatic heterocycles. The summed E-state index contributed by atoms with van der Waals surface area (Å²) in [6, 6.07) is 3.77. The second-order valence-corrected chi connectivity index (χ2v) is 4.68. The van der Waals surface area contributed by atoms with E-state index in [1.165, 1.54) is 0 Å². The molecule has 1 amide bonds. The topological polar surface area (TPSA) is 62.7 Å². The Balaban J connectivity index is 2.69. The Hall–Kier alpha value is -1.33. The average molecular weight is 267 g/mol. The van der Waals surface area contributed by atoms with Gasteiger partial charge in [-0.3, -0.25) is 9.69 Å². The summed E-state index contributed by atoms with van der Waals surface area (Å²) < 4.78 is 5.61. The lowest BCUT2D eigenvalue weighted by atomic mass is 10.2. The van der Waals surface area contributed by atoms with Crippen LogP contribution in [0.3, 0.4) is 0 Å². The molecule has 0 saturated carbocycles. The highest BCUT2D eigenvalue weighted by Crippen LogP contribution is 2.20. The molecule has 1 rings (SSSR count). The first-order valence-corrected chi connectivity index (χ1v) is 6.77. The number of carbonyl (C=O) groups excluding carboxylic acids is 1. The molecule has 108 valence electrons. The summed E-state index contributed by atoms with van der Waals surface area (Å²) >= 11 is 0. The van der Waals surface area contributed by atoms with Crippen molar-refractivity contribution in [1.82, 2.24) is 9.80 Å². The maximum Gasteiger partial charge on any atom is 0.236 e. The molecule has 0 fully saturated rings. The van der Waals surface area contributed by atoms with E-state index in [0.717, 1.165) is 24.6 Å². The Bertz CT molecular complexity index is 399.